The smallest absolute Gasteiger partial charge is 0.326 e. The molecular weight excluding hydrogens is 236 g/mol. The number of carbonyl (C=O) groups is 2. The maximum atomic E-state index is 12.3. The first-order valence-electron chi connectivity index (χ1n) is 6.45. The van der Waals surface area contributed by atoms with Gasteiger partial charge in [-0.05, 0) is 12.8 Å². The van der Waals surface area contributed by atoms with Crippen LogP contribution in [0, 0.1) is 0 Å². The summed E-state index contributed by atoms with van der Waals surface area (Å²) in [6, 6.07) is -0.952. The molecule has 2 amide bonds. The van der Waals surface area contributed by atoms with Gasteiger partial charge in [0.05, 0.1) is 6.10 Å². The number of carboxylic acid groups (broad SMARTS) is 1. The second-order valence-corrected chi connectivity index (χ2v) is 5.23. The number of aliphatic carboxylic acids is 1. The number of carboxylic acids is 1. The topological polar surface area (TPSA) is 81.1 Å². The van der Waals surface area contributed by atoms with Crippen LogP contribution in [0.4, 0.5) is 4.79 Å². The lowest BCUT2D eigenvalue weighted by Crippen LogP contribution is -2.49. The quantitative estimate of drug-likeness (QED) is 0.754. The number of urea groups is 1. The Morgan fingerprint density at radius 3 is 2.44 bits per heavy atom. The number of hydrogen-bond donors (Lipinski definition) is 2. The predicted octanol–water partition coefficient (Wildman–Crippen LogP) is 0.501. The third kappa shape index (κ3) is 2.43. The second kappa shape index (κ2) is 5.14. The molecule has 2 fully saturated rings. The Bertz CT molecular complexity index is 341. The summed E-state index contributed by atoms with van der Waals surface area (Å²) in [6.07, 6.45) is 3.60. The van der Waals surface area contributed by atoms with Gasteiger partial charge in [-0.15, -0.1) is 0 Å². The highest BCUT2D eigenvalue weighted by Gasteiger charge is 2.41. The van der Waals surface area contributed by atoms with Gasteiger partial charge in [0.1, 0.15) is 6.04 Å². The third-order valence-corrected chi connectivity index (χ3v) is 3.98. The lowest BCUT2D eigenvalue weighted by atomic mass is 10.2. The summed E-state index contributed by atoms with van der Waals surface area (Å²) in [7, 11) is 1.72. The zero-order chi connectivity index (χ0) is 13.3. The number of rotatable bonds is 2. The van der Waals surface area contributed by atoms with Crippen LogP contribution in [0.1, 0.15) is 32.1 Å². The van der Waals surface area contributed by atoms with Crippen LogP contribution in [0.5, 0.6) is 0 Å². The monoisotopic (exact) mass is 256 g/mol. The molecule has 2 atom stereocenters. The Hall–Kier alpha value is -1.30. The van der Waals surface area contributed by atoms with Crippen molar-refractivity contribution in [3.63, 3.8) is 0 Å². The largest absolute Gasteiger partial charge is 0.480 e. The number of nitrogens with zero attached hydrogens (tertiary/aromatic N) is 2. The Morgan fingerprint density at radius 2 is 1.89 bits per heavy atom. The molecule has 1 aliphatic carbocycles. The minimum atomic E-state index is -1.04. The number of carbonyl (C=O) groups excluding carboxylic acids is 1. The summed E-state index contributed by atoms with van der Waals surface area (Å²) in [5.74, 6) is -1.04. The van der Waals surface area contributed by atoms with Crippen molar-refractivity contribution in [3.8, 4) is 0 Å². The molecule has 6 heteroatoms. The van der Waals surface area contributed by atoms with E-state index in [1.54, 1.807) is 11.9 Å². The van der Waals surface area contributed by atoms with Crippen molar-refractivity contribution in [3.05, 3.63) is 0 Å². The van der Waals surface area contributed by atoms with Crippen molar-refractivity contribution in [1.29, 1.82) is 0 Å². The first-order chi connectivity index (χ1) is 8.50. The molecule has 0 aromatic heterocycles. The van der Waals surface area contributed by atoms with Gasteiger partial charge in [-0.1, -0.05) is 12.8 Å². The molecule has 102 valence electrons. The van der Waals surface area contributed by atoms with E-state index in [-0.39, 0.29) is 25.0 Å². The lowest BCUT2D eigenvalue weighted by Gasteiger charge is -2.31. The van der Waals surface area contributed by atoms with E-state index in [1.165, 1.54) is 4.90 Å². The first-order valence-corrected chi connectivity index (χ1v) is 6.45. The van der Waals surface area contributed by atoms with Gasteiger partial charge in [-0.25, -0.2) is 9.59 Å². The van der Waals surface area contributed by atoms with Gasteiger partial charge < -0.3 is 20.0 Å². The molecule has 0 aromatic carbocycles. The molecule has 1 saturated carbocycles. The van der Waals surface area contributed by atoms with Crippen LogP contribution in [0.15, 0.2) is 0 Å². The van der Waals surface area contributed by atoms with Gasteiger partial charge in [0, 0.05) is 26.1 Å². The van der Waals surface area contributed by atoms with Crippen LogP contribution >= 0.6 is 0 Å². The second-order valence-electron chi connectivity index (χ2n) is 5.23. The van der Waals surface area contributed by atoms with Crippen LogP contribution in [-0.2, 0) is 4.79 Å². The molecule has 6 nitrogen and oxygen atoms in total. The molecule has 0 aromatic rings. The SMILES string of the molecule is CN(C(=O)N1C[C@H](O)C[C@@H]1C(=O)O)C1CCCC1. The van der Waals surface area contributed by atoms with E-state index in [0.717, 1.165) is 25.7 Å². The van der Waals surface area contributed by atoms with Gasteiger partial charge in [0.2, 0.25) is 0 Å². The van der Waals surface area contributed by atoms with Gasteiger partial charge >= 0.3 is 12.0 Å². The first kappa shape index (κ1) is 13.1. The summed E-state index contributed by atoms with van der Waals surface area (Å²) in [6.45, 7) is 0.118. The molecule has 0 radical (unpaired) electrons. The average Bonchev–Trinajstić information content (AvgIpc) is 2.95. The zero-order valence-electron chi connectivity index (χ0n) is 10.6. The lowest BCUT2D eigenvalue weighted by molar-refractivity contribution is -0.141. The summed E-state index contributed by atoms with van der Waals surface area (Å²) in [5.41, 5.74) is 0. The highest BCUT2D eigenvalue weighted by atomic mass is 16.4. The van der Waals surface area contributed by atoms with Crippen LogP contribution < -0.4 is 0 Å². The fourth-order valence-electron chi connectivity index (χ4n) is 2.91. The molecule has 0 bridgehead atoms. The van der Waals surface area contributed by atoms with E-state index in [1.807, 2.05) is 0 Å². The van der Waals surface area contributed by atoms with E-state index < -0.39 is 18.1 Å². The number of hydrogen-bond acceptors (Lipinski definition) is 3. The predicted molar refractivity (Wildman–Crippen MR) is 64.2 cm³/mol. The van der Waals surface area contributed by atoms with Crippen LogP contribution in [-0.4, -0.2) is 63.8 Å². The van der Waals surface area contributed by atoms with Crippen LogP contribution in [0.2, 0.25) is 0 Å². The molecule has 1 aliphatic heterocycles. The molecule has 2 aliphatic rings. The highest BCUT2D eigenvalue weighted by molar-refractivity contribution is 5.83. The Kier molecular flexibility index (Phi) is 3.75. The Labute approximate surface area is 106 Å². The summed E-state index contributed by atoms with van der Waals surface area (Å²) < 4.78 is 0. The number of amides is 2. The average molecular weight is 256 g/mol. The zero-order valence-corrected chi connectivity index (χ0v) is 10.6. The molecule has 1 saturated heterocycles. The van der Waals surface area contributed by atoms with Crippen molar-refractivity contribution in [2.24, 2.45) is 0 Å². The van der Waals surface area contributed by atoms with E-state index in [9.17, 15) is 14.7 Å². The van der Waals surface area contributed by atoms with Crippen molar-refractivity contribution < 1.29 is 19.8 Å². The molecule has 0 spiro atoms. The summed E-state index contributed by atoms with van der Waals surface area (Å²) >= 11 is 0. The molecule has 2 rings (SSSR count). The molecule has 1 heterocycles. The summed E-state index contributed by atoms with van der Waals surface area (Å²) in [4.78, 5) is 26.3. The maximum absolute atomic E-state index is 12.3. The number of β-amino-alcohol motifs (C(OH)–C–C–N with tert-alkyl or cyclic N) is 1. The van der Waals surface area contributed by atoms with Crippen LogP contribution in [0.25, 0.3) is 0 Å². The van der Waals surface area contributed by atoms with Gasteiger partial charge in [-0.3, -0.25) is 0 Å². The van der Waals surface area contributed by atoms with Crippen LogP contribution in [0.3, 0.4) is 0 Å². The van der Waals surface area contributed by atoms with Crippen molar-refractivity contribution in [2.45, 2.75) is 50.3 Å². The van der Waals surface area contributed by atoms with Gasteiger partial charge in [0.25, 0.3) is 0 Å². The van der Waals surface area contributed by atoms with E-state index in [2.05, 4.69) is 0 Å². The molecule has 18 heavy (non-hydrogen) atoms. The van der Waals surface area contributed by atoms with E-state index >= 15 is 0 Å². The standard InChI is InChI=1S/C12H20N2O4/c1-13(8-4-2-3-5-8)12(18)14-7-9(15)6-10(14)11(16)17/h8-10,15H,2-7H2,1H3,(H,16,17)/t9-,10-/m1/s1. The fraction of sp³-hybridized carbons (Fsp3) is 0.833. The van der Waals surface area contributed by atoms with Crippen molar-refractivity contribution >= 4 is 12.0 Å². The maximum Gasteiger partial charge on any atom is 0.326 e. The normalized spacial score (nSPS) is 28.7. The Morgan fingerprint density at radius 1 is 1.28 bits per heavy atom. The highest BCUT2D eigenvalue weighted by Crippen LogP contribution is 2.26. The van der Waals surface area contributed by atoms with Gasteiger partial charge in [0.15, 0.2) is 0 Å². The number of likely N-dealkylation sites (tertiary alicyclic amines) is 1. The van der Waals surface area contributed by atoms with Gasteiger partial charge in [-0.2, -0.15) is 0 Å². The Balaban J connectivity index is 2.04. The molecule has 0 unspecified atom stereocenters. The number of aliphatic hydroxyl groups excluding tert-OH is 1. The molecule has 2 N–H and O–H groups in total. The van der Waals surface area contributed by atoms with E-state index in [0.29, 0.717) is 0 Å². The van der Waals surface area contributed by atoms with Crippen molar-refractivity contribution in [1.82, 2.24) is 9.80 Å². The molecular formula is C12H20N2O4. The minimum absolute atomic E-state index is 0.118. The van der Waals surface area contributed by atoms with E-state index in [4.69, 9.17) is 5.11 Å². The van der Waals surface area contributed by atoms with Crippen molar-refractivity contribution in [2.75, 3.05) is 13.6 Å². The summed E-state index contributed by atoms with van der Waals surface area (Å²) in [5, 5.41) is 18.6. The minimum Gasteiger partial charge on any atom is -0.480 e. The number of aliphatic hydroxyl groups is 1. The third-order valence-electron chi connectivity index (χ3n) is 3.98. The fourth-order valence-corrected chi connectivity index (χ4v) is 2.91.